The largest absolute Gasteiger partial charge is 0.314 e. The Balaban J connectivity index is 1.78. The molecule has 1 heterocycles. The third-order valence-corrected chi connectivity index (χ3v) is 5.04. The first-order valence-electron chi connectivity index (χ1n) is 6.33. The Hall–Kier alpha value is -1.01. The van der Waals surface area contributed by atoms with Crippen LogP contribution >= 0.6 is 0 Å². The van der Waals surface area contributed by atoms with E-state index in [0.717, 1.165) is 6.07 Å². The maximum atomic E-state index is 13.0. The summed E-state index contributed by atoms with van der Waals surface area (Å²) >= 11 is 0. The van der Waals surface area contributed by atoms with Gasteiger partial charge < -0.3 is 5.32 Å². The van der Waals surface area contributed by atoms with Gasteiger partial charge in [-0.25, -0.2) is 17.2 Å². The average molecular weight is 289 g/mol. The Bertz CT molecular complexity index is 511. The van der Waals surface area contributed by atoms with Crippen molar-refractivity contribution in [2.24, 2.45) is 0 Å². The molecule has 1 aliphatic heterocycles. The SMILES string of the molecule is O=S1(=O)CCC(NCCc2cc(F)cc(F)c2)CC1. The van der Waals surface area contributed by atoms with Gasteiger partial charge in [-0.1, -0.05) is 0 Å². The minimum atomic E-state index is -2.84. The Morgan fingerprint density at radius 3 is 2.26 bits per heavy atom. The van der Waals surface area contributed by atoms with Crippen LogP contribution in [0.2, 0.25) is 0 Å². The third-order valence-electron chi connectivity index (χ3n) is 3.32. The van der Waals surface area contributed by atoms with Crippen LogP contribution < -0.4 is 5.32 Å². The van der Waals surface area contributed by atoms with E-state index in [9.17, 15) is 17.2 Å². The molecule has 1 N–H and O–H groups in total. The van der Waals surface area contributed by atoms with Gasteiger partial charge in [0.05, 0.1) is 11.5 Å². The van der Waals surface area contributed by atoms with Crippen LogP contribution in [0.25, 0.3) is 0 Å². The normalized spacial score (nSPS) is 19.5. The fourth-order valence-electron chi connectivity index (χ4n) is 2.27. The third kappa shape index (κ3) is 4.54. The monoisotopic (exact) mass is 289 g/mol. The van der Waals surface area contributed by atoms with Gasteiger partial charge in [0.25, 0.3) is 0 Å². The van der Waals surface area contributed by atoms with Gasteiger partial charge in [0.2, 0.25) is 0 Å². The van der Waals surface area contributed by atoms with Crippen molar-refractivity contribution in [1.82, 2.24) is 5.32 Å². The van der Waals surface area contributed by atoms with Crippen LogP contribution in [0.5, 0.6) is 0 Å². The summed E-state index contributed by atoms with van der Waals surface area (Å²) in [6, 6.07) is 3.66. The second-order valence-corrected chi connectivity index (χ2v) is 7.21. The molecule has 0 aliphatic carbocycles. The summed E-state index contributed by atoms with van der Waals surface area (Å²) in [5.74, 6) is -0.698. The molecule has 19 heavy (non-hydrogen) atoms. The summed E-state index contributed by atoms with van der Waals surface area (Å²) in [4.78, 5) is 0. The van der Waals surface area contributed by atoms with Gasteiger partial charge in [0.1, 0.15) is 21.5 Å². The molecule has 2 rings (SSSR count). The molecular weight excluding hydrogens is 272 g/mol. The van der Waals surface area contributed by atoms with E-state index in [1.54, 1.807) is 0 Å². The number of nitrogens with one attached hydrogen (secondary N) is 1. The Morgan fingerprint density at radius 2 is 1.68 bits per heavy atom. The van der Waals surface area contributed by atoms with Crippen LogP contribution in [0.15, 0.2) is 18.2 Å². The highest BCUT2D eigenvalue weighted by Crippen LogP contribution is 2.12. The molecule has 0 bridgehead atoms. The lowest BCUT2D eigenvalue weighted by Gasteiger charge is -2.23. The van der Waals surface area contributed by atoms with E-state index < -0.39 is 21.5 Å². The number of sulfone groups is 1. The standard InChI is InChI=1S/C13H17F2NO2S/c14-11-7-10(8-12(15)9-11)1-4-16-13-2-5-19(17,18)6-3-13/h7-9,13,16H,1-6H2. The van der Waals surface area contributed by atoms with Crippen LogP contribution in [0.4, 0.5) is 8.78 Å². The maximum Gasteiger partial charge on any atom is 0.150 e. The van der Waals surface area contributed by atoms with E-state index >= 15 is 0 Å². The molecule has 0 aromatic heterocycles. The smallest absolute Gasteiger partial charge is 0.150 e. The van der Waals surface area contributed by atoms with Crippen LogP contribution in [-0.2, 0) is 16.3 Å². The van der Waals surface area contributed by atoms with Gasteiger partial charge in [-0.2, -0.15) is 0 Å². The summed E-state index contributed by atoms with van der Waals surface area (Å²) in [6.45, 7) is 0.591. The minimum Gasteiger partial charge on any atom is -0.314 e. The first-order chi connectivity index (χ1) is 8.94. The lowest BCUT2D eigenvalue weighted by molar-refractivity contribution is 0.466. The number of benzene rings is 1. The molecule has 1 saturated heterocycles. The highest BCUT2D eigenvalue weighted by molar-refractivity contribution is 7.91. The van der Waals surface area contributed by atoms with E-state index in [1.165, 1.54) is 12.1 Å². The molecule has 1 aliphatic rings. The van der Waals surface area contributed by atoms with Gasteiger partial charge >= 0.3 is 0 Å². The van der Waals surface area contributed by atoms with Gasteiger partial charge in [0.15, 0.2) is 0 Å². The van der Waals surface area contributed by atoms with Gasteiger partial charge in [-0.15, -0.1) is 0 Å². The lowest BCUT2D eigenvalue weighted by Crippen LogP contribution is -2.38. The second-order valence-electron chi connectivity index (χ2n) is 4.91. The molecule has 0 radical (unpaired) electrons. The van der Waals surface area contributed by atoms with Crippen molar-refractivity contribution >= 4 is 9.84 Å². The number of rotatable bonds is 4. The Kier molecular flexibility index (Phi) is 4.52. The predicted molar refractivity (Wildman–Crippen MR) is 69.7 cm³/mol. The quantitative estimate of drug-likeness (QED) is 0.917. The zero-order chi connectivity index (χ0) is 13.9. The van der Waals surface area contributed by atoms with Gasteiger partial charge in [0, 0.05) is 12.1 Å². The molecule has 0 amide bonds. The average Bonchev–Trinajstić information content (AvgIpc) is 2.30. The number of halogens is 2. The molecule has 106 valence electrons. The zero-order valence-corrected chi connectivity index (χ0v) is 11.3. The topological polar surface area (TPSA) is 46.2 Å². The van der Waals surface area contributed by atoms with Crippen molar-refractivity contribution in [3.8, 4) is 0 Å². The molecule has 0 spiro atoms. The lowest BCUT2D eigenvalue weighted by atomic mass is 10.1. The summed E-state index contributed by atoms with van der Waals surface area (Å²) < 4.78 is 48.4. The summed E-state index contributed by atoms with van der Waals surface area (Å²) in [5.41, 5.74) is 0.605. The molecule has 0 atom stereocenters. The molecule has 0 saturated carbocycles. The fraction of sp³-hybridized carbons (Fsp3) is 0.538. The molecule has 6 heteroatoms. The zero-order valence-electron chi connectivity index (χ0n) is 10.5. The van der Waals surface area contributed by atoms with Crippen LogP contribution in [0.3, 0.4) is 0 Å². The molecule has 0 unspecified atom stereocenters. The molecule has 3 nitrogen and oxygen atoms in total. The predicted octanol–water partition coefficient (Wildman–Crippen LogP) is 1.67. The first kappa shape index (κ1) is 14.4. The van der Waals surface area contributed by atoms with E-state index in [-0.39, 0.29) is 17.5 Å². The van der Waals surface area contributed by atoms with E-state index in [2.05, 4.69) is 5.32 Å². The van der Waals surface area contributed by atoms with Gasteiger partial charge in [-0.3, -0.25) is 0 Å². The van der Waals surface area contributed by atoms with Crippen molar-refractivity contribution in [3.63, 3.8) is 0 Å². The fourth-order valence-corrected chi connectivity index (χ4v) is 3.76. The van der Waals surface area contributed by atoms with E-state index in [1.807, 2.05) is 0 Å². The van der Waals surface area contributed by atoms with Crippen molar-refractivity contribution in [1.29, 1.82) is 0 Å². The maximum absolute atomic E-state index is 13.0. The van der Waals surface area contributed by atoms with Crippen molar-refractivity contribution < 1.29 is 17.2 Å². The molecule has 1 aromatic rings. The van der Waals surface area contributed by atoms with Crippen molar-refractivity contribution in [3.05, 3.63) is 35.4 Å². The van der Waals surface area contributed by atoms with E-state index in [4.69, 9.17) is 0 Å². The minimum absolute atomic E-state index is 0.182. The van der Waals surface area contributed by atoms with Crippen molar-refractivity contribution in [2.45, 2.75) is 25.3 Å². The highest BCUT2D eigenvalue weighted by Gasteiger charge is 2.22. The van der Waals surface area contributed by atoms with Crippen LogP contribution in [0.1, 0.15) is 18.4 Å². The Labute approximate surface area is 111 Å². The second kappa shape index (κ2) is 5.96. The van der Waals surface area contributed by atoms with Gasteiger partial charge in [-0.05, 0) is 43.5 Å². The van der Waals surface area contributed by atoms with Crippen molar-refractivity contribution in [2.75, 3.05) is 18.1 Å². The summed E-state index contributed by atoms with van der Waals surface area (Å²) in [6.07, 6.45) is 1.75. The van der Waals surface area contributed by atoms with Crippen LogP contribution in [0, 0.1) is 11.6 Å². The molecule has 1 fully saturated rings. The molecular formula is C13H17F2NO2S. The molecule has 1 aromatic carbocycles. The summed E-state index contributed by atoms with van der Waals surface area (Å²) in [7, 11) is -2.84. The number of hydrogen-bond acceptors (Lipinski definition) is 3. The first-order valence-corrected chi connectivity index (χ1v) is 8.15. The number of hydrogen-bond donors (Lipinski definition) is 1. The van der Waals surface area contributed by atoms with E-state index in [0.29, 0.717) is 31.4 Å². The Morgan fingerprint density at radius 1 is 1.11 bits per heavy atom. The van der Waals surface area contributed by atoms with Crippen LogP contribution in [-0.4, -0.2) is 32.5 Å². The summed E-state index contributed by atoms with van der Waals surface area (Å²) in [5, 5.41) is 3.24. The highest BCUT2D eigenvalue weighted by atomic mass is 32.2.